The van der Waals surface area contributed by atoms with Gasteiger partial charge in [-0.1, -0.05) is 37.3 Å². The molecule has 0 aromatic heterocycles. The fourth-order valence-electron chi connectivity index (χ4n) is 2.31. The summed E-state index contributed by atoms with van der Waals surface area (Å²) < 4.78 is 10.0. The van der Waals surface area contributed by atoms with Gasteiger partial charge in [0.15, 0.2) is 0 Å². The van der Waals surface area contributed by atoms with E-state index in [-0.39, 0.29) is 17.9 Å². The second kappa shape index (κ2) is 10.8. The lowest BCUT2D eigenvalue weighted by Gasteiger charge is -2.24. The highest BCUT2D eigenvalue weighted by molar-refractivity contribution is 5.72. The Balaban J connectivity index is 2.63. The van der Waals surface area contributed by atoms with Gasteiger partial charge in [0.1, 0.15) is 0 Å². The normalized spacial score (nSPS) is 12.0. The standard InChI is InChI=1S/C18H27NO4/c1-4-22-17(20)11-12-19(13-15(3)18(21)23-5-2)14-16-9-7-6-8-10-16/h6-10,15H,4-5,11-14H2,1-3H3. The molecule has 0 amide bonds. The Hall–Kier alpha value is -1.88. The smallest absolute Gasteiger partial charge is 0.309 e. The highest BCUT2D eigenvalue weighted by Gasteiger charge is 2.19. The van der Waals surface area contributed by atoms with Gasteiger partial charge in [0.05, 0.1) is 25.6 Å². The maximum atomic E-state index is 11.8. The molecule has 1 rings (SSSR count). The molecule has 0 saturated heterocycles. The van der Waals surface area contributed by atoms with Crippen LogP contribution in [-0.4, -0.2) is 43.1 Å². The number of ether oxygens (including phenoxy) is 2. The van der Waals surface area contributed by atoms with E-state index < -0.39 is 0 Å². The zero-order valence-corrected chi connectivity index (χ0v) is 14.3. The number of benzene rings is 1. The molecule has 0 aliphatic carbocycles. The second-order valence-electron chi connectivity index (χ2n) is 5.43. The summed E-state index contributed by atoms with van der Waals surface area (Å²) in [6, 6.07) is 9.99. The maximum absolute atomic E-state index is 11.8. The fraction of sp³-hybridized carbons (Fsp3) is 0.556. The minimum Gasteiger partial charge on any atom is -0.466 e. The third-order valence-corrected chi connectivity index (χ3v) is 3.41. The van der Waals surface area contributed by atoms with Crippen molar-refractivity contribution in [2.24, 2.45) is 5.92 Å². The molecule has 0 aliphatic heterocycles. The van der Waals surface area contributed by atoms with E-state index in [1.807, 2.05) is 37.3 Å². The van der Waals surface area contributed by atoms with E-state index in [4.69, 9.17) is 9.47 Å². The molecule has 1 unspecified atom stereocenters. The predicted molar refractivity (Wildman–Crippen MR) is 88.8 cm³/mol. The van der Waals surface area contributed by atoms with Crippen LogP contribution in [0.5, 0.6) is 0 Å². The molecular formula is C18H27NO4. The number of carbonyl (C=O) groups excluding carboxylic acids is 2. The first-order valence-electron chi connectivity index (χ1n) is 8.15. The molecule has 5 heteroatoms. The van der Waals surface area contributed by atoms with Crippen molar-refractivity contribution >= 4 is 11.9 Å². The third kappa shape index (κ3) is 7.79. The average Bonchev–Trinajstić information content (AvgIpc) is 2.54. The van der Waals surface area contributed by atoms with Gasteiger partial charge >= 0.3 is 11.9 Å². The summed E-state index contributed by atoms with van der Waals surface area (Å²) >= 11 is 0. The largest absolute Gasteiger partial charge is 0.466 e. The highest BCUT2D eigenvalue weighted by atomic mass is 16.5. The van der Waals surface area contributed by atoms with Crippen LogP contribution in [0.25, 0.3) is 0 Å². The van der Waals surface area contributed by atoms with Crippen LogP contribution in [0, 0.1) is 5.92 Å². The minimum absolute atomic E-state index is 0.207. The molecule has 0 aliphatic rings. The lowest BCUT2D eigenvalue weighted by atomic mass is 10.1. The molecule has 0 spiro atoms. The zero-order valence-electron chi connectivity index (χ0n) is 14.3. The van der Waals surface area contributed by atoms with E-state index in [0.29, 0.717) is 39.3 Å². The van der Waals surface area contributed by atoms with E-state index in [2.05, 4.69) is 4.90 Å². The maximum Gasteiger partial charge on any atom is 0.309 e. The average molecular weight is 321 g/mol. The van der Waals surface area contributed by atoms with E-state index in [1.54, 1.807) is 13.8 Å². The first-order chi connectivity index (χ1) is 11.1. The van der Waals surface area contributed by atoms with Crippen molar-refractivity contribution in [2.45, 2.75) is 33.7 Å². The van der Waals surface area contributed by atoms with Crippen molar-refractivity contribution in [1.29, 1.82) is 0 Å². The Morgan fingerprint density at radius 3 is 2.35 bits per heavy atom. The zero-order chi connectivity index (χ0) is 17.1. The quantitative estimate of drug-likeness (QED) is 0.620. The topological polar surface area (TPSA) is 55.8 Å². The van der Waals surface area contributed by atoms with Crippen molar-refractivity contribution in [3.05, 3.63) is 35.9 Å². The van der Waals surface area contributed by atoms with Gasteiger partial charge in [-0.2, -0.15) is 0 Å². The van der Waals surface area contributed by atoms with Crippen LogP contribution in [0.1, 0.15) is 32.8 Å². The van der Waals surface area contributed by atoms with Crippen LogP contribution in [0.2, 0.25) is 0 Å². The number of hydrogen-bond acceptors (Lipinski definition) is 5. The molecule has 5 nitrogen and oxygen atoms in total. The summed E-state index contributed by atoms with van der Waals surface area (Å²) in [6.45, 7) is 7.99. The molecule has 0 bridgehead atoms. The van der Waals surface area contributed by atoms with Gasteiger partial charge in [-0.05, 0) is 19.4 Å². The van der Waals surface area contributed by atoms with Crippen molar-refractivity contribution in [3.8, 4) is 0 Å². The Kier molecular flexibility index (Phi) is 8.98. The van der Waals surface area contributed by atoms with Crippen LogP contribution < -0.4 is 0 Å². The van der Waals surface area contributed by atoms with Gasteiger partial charge in [-0.15, -0.1) is 0 Å². The second-order valence-corrected chi connectivity index (χ2v) is 5.43. The number of rotatable bonds is 10. The Morgan fingerprint density at radius 1 is 1.09 bits per heavy atom. The van der Waals surface area contributed by atoms with Crippen molar-refractivity contribution in [3.63, 3.8) is 0 Å². The predicted octanol–water partition coefficient (Wildman–Crippen LogP) is 2.64. The summed E-state index contributed by atoms with van der Waals surface area (Å²) in [6.07, 6.45) is 0.316. The number of hydrogen-bond donors (Lipinski definition) is 0. The molecule has 0 fully saturated rings. The summed E-state index contributed by atoms with van der Waals surface area (Å²) in [5.74, 6) is -0.656. The monoisotopic (exact) mass is 321 g/mol. The van der Waals surface area contributed by atoms with E-state index >= 15 is 0 Å². The Bertz CT molecular complexity index is 475. The third-order valence-electron chi connectivity index (χ3n) is 3.41. The molecule has 1 aromatic rings. The number of esters is 2. The van der Waals surface area contributed by atoms with E-state index in [0.717, 1.165) is 5.56 Å². The van der Waals surface area contributed by atoms with Gasteiger partial charge in [0, 0.05) is 19.6 Å². The van der Waals surface area contributed by atoms with E-state index in [9.17, 15) is 9.59 Å². The van der Waals surface area contributed by atoms with Crippen LogP contribution >= 0.6 is 0 Å². The summed E-state index contributed by atoms with van der Waals surface area (Å²) in [7, 11) is 0. The first kappa shape index (κ1) is 19.2. The SMILES string of the molecule is CCOC(=O)CCN(Cc1ccccc1)CC(C)C(=O)OCC. The van der Waals surface area contributed by atoms with Gasteiger partial charge < -0.3 is 9.47 Å². The Labute approximate surface area is 138 Å². The highest BCUT2D eigenvalue weighted by Crippen LogP contribution is 2.10. The van der Waals surface area contributed by atoms with Gasteiger partial charge in [0.25, 0.3) is 0 Å². The lowest BCUT2D eigenvalue weighted by molar-refractivity contribution is -0.148. The van der Waals surface area contributed by atoms with Crippen molar-refractivity contribution in [1.82, 2.24) is 4.90 Å². The molecule has 0 N–H and O–H groups in total. The molecule has 1 aromatic carbocycles. The number of nitrogens with zero attached hydrogens (tertiary/aromatic N) is 1. The fourth-order valence-corrected chi connectivity index (χ4v) is 2.31. The van der Waals surface area contributed by atoms with Gasteiger partial charge in [-0.25, -0.2) is 0 Å². The lowest BCUT2D eigenvalue weighted by Crippen LogP contribution is -2.34. The summed E-state index contributed by atoms with van der Waals surface area (Å²) in [5, 5.41) is 0. The van der Waals surface area contributed by atoms with Gasteiger partial charge in [-0.3, -0.25) is 14.5 Å². The first-order valence-corrected chi connectivity index (χ1v) is 8.15. The van der Waals surface area contributed by atoms with Crippen LogP contribution in [0.3, 0.4) is 0 Å². The van der Waals surface area contributed by atoms with Gasteiger partial charge in [0.2, 0.25) is 0 Å². The molecule has 0 radical (unpaired) electrons. The Morgan fingerprint density at radius 2 is 1.74 bits per heavy atom. The molecular weight excluding hydrogens is 294 g/mol. The van der Waals surface area contributed by atoms with Crippen LogP contribution in [0.15, 0.2) is 30.3 Å². The molecule has 0 saturated carbocycles. The molecule has 128 valence electrons. The summed E-state index contributed by atoms with van der Waals surface area (Å²) in [5.41, 5.74) is 1.15. The van der Waals surface area contributed by atoms with E-state index in [1.165, 1.54) is 0 Å². The molecule has 0 heterocycles. The molecule has 23 heavy (non-hydrogen) atoms. The van der Waals surface area contributed by atoms with Crippen molar-refractivity contribution in [2.75, 3.05) is 26.3 Å². The minimum atomic E-state index is -0.235. The van der Waals surface area contributed by atoms with Crippen LogP contribution in [-0.2, 0) is 25.6 Å². The number of carbonyl (C=O) groups is 2. The van der Waals surface area contributed by atoms with Crippen LogP contribution in [0.4, 0.5) is 0 Å². The molecule has 1 atom stereocenters. The summed E-state index contributed by atoms with van der Waals surface area (Å²) in [4.78, 5) is 25.5. The van der Waals surface area contributed by atoms with Crippen molar-refractivity contribution < 1.29 is 19.1 Å².